The van der Waals surface area contributed by atoms with Crippen molar-refractivity contribution in [3.05, 3.63) is 53.7 Å². The number of ketones is 1. The van der Waals surface area contributed by atoms with Crippen LogP contribution in [0.1, 0.15) is 112 Å². The predicted molar refractivity (Wildman–Crippen MR) is 177 cm³/mol. The zero-order valence-corrected chi connectivity index (χ0v) is 28.5. The number of aromatic nitrogens is 1. The minimum Gasteiger partial charge on any atom is -0.460 e. The van der Waals surface area contributed by atoms with Crippen molar-refractivity contribution in [3.63, 3.8) is 0 Å². The van der Waals surface area contributed by atoms with E-state index in [0.717, 1.165) is 74.3 Å². The number of esters is 1. The van der Waals surface area contributed by atoms with Crippen LogP contribution in [0, 0.1) is 50.2 Å². The van der Waals surface area contributed by atoms with Gasteiger partial charge in [-0.2, -0.15) is 0 Å². The molecule has 0 bridgehead atoms. The van der Waals surface area contributed by atoms with Gasteiger partial charge in [-0.05, 0) is 116 Å². The molecule has 0 amide bonds. The van der Waals surface area contributed by atoms with Crippen LogP contribution >= 0.6 is 0 Å². The van der Waals surface area contributed by atoms with Crippen LogP contribution in [0.2, 0.25) is 0 Å². The number of hydrogen-bond donors (Lipinski definition) is 1. The molecule has 0 spiro atoms. The zero-order chi connectivity index (χ0) is 32.2. The van der Waals surface area contributed by atoms with Gasteiger partial charge < -0.3 is 9.84 Å². The second-order valence-electron chi connectivity index (χ2n) is 17.7. The first-order chi connectivity index (χ1) is 21.1. The predicted octanol–water partition coefficient (Wildman–Crippen LogP) is 8.62. The van der Waals surface area contributed by atoms with E-state index in [1.807, 2.05) is 30.3 Å². The Morgan fingerprint density at radius 2 is 1.67 bits per heavy atom. The number of aliphatic hydroxyl groups is 1. The number of ether oxygens (including phenoxy) is 1. The number of carbonyl (C=O) groups excluding carboxylic acids is 2. The van der Waals surface area contributed by atoms with Gasteiger partial charge in [-0.25, -0.2) is 0 Å². The Morgan fingerprint density at radius 1 is 0.933 bits per heavy atom. The average molecular weight is 612 g/mol. The molecule has 45 heavy (non-hydrogen) atoms. The van der Waals surface area contributed by atoms with Gasteiger partial charge in [0.1, 0.15) is 6.61 Å². The number of para-hydroxylation sites is 1. The molecule has 0 aliphatic heterocycles. The van der Waals surface area contributed by atoms with Gasteiger partial charge in [0.25, 0.3) is 0 Å². The van der Waals surface area contributed by atoms with Crippen molar-refractivity contribution in [3.8, 4) is 0 Å². The highest BCUT2D eigenvalue weighted by Crippen LogP contribution is 2.75. The molecule has 1 aromatic heterocycles. The molecule has 242 valence electrons. The van der Waals surface area contributed by atoms with Crippen LogP contribution in [0.5, 0.6) is 0 Å². The number of carbonyl (C=O) groups is 2. The largest absolute Gasteiger partial charge is 0.460 e. The lowest BCUT2D eigenvalue weighted by Gasteiger charge is -2.70. The van der Waals surface area contributed by atoms with Gasteiger partial charge in [0.05, 0.1) is 17.0 Å². The third-order valence-electron chi connectivity index (χ3n) is 15.1. The summed E-state index contributed by atoms with van der Waals surface area (Å²) < 4.78 is 6.09. The van der Waals surface area contributed by atoms with Crippen LogP contribution < -0.4 is 0 Å². The smallest absolute Gasteiger partial charge is 0.312 e. The second-order valence-corrected chi connectivity index (χ2v) is 17.7. The van der Waals surface area contributed by atoms with Crippen LogP contribution in [0.4, 0.5) is 0 Å². The fourth-order valence-electron chi connectivity index (χ4n) is 12.0. The van der Waals surface area contributed by atoms with Crippen molar-refractivity contribution in [2.75, 3.05) is 0 Å². The van der Waals surface area contributed by atoms with Gasteiger partial charge >= 0.3 is 5.97 Å². The highest BCUT2D eigenvalue weighted by molar-refractivity contribution is 5.95. The standard InChI is InChI=1S/C40H53NO4/c1-35(2)30-13-16-40(7)33(38(30,5)15-14-31(35)43)29(42)22-27-28-23-37(4,18-17-36(28,3)19-20-39(27,40)6)34(44)45-24-26-11-8-10-25-12-9-21-41-32(25)26/h8-12,21-22,28,30-31,33,43H,13-20,23-24H2,1-7H3/t28-,30-,31-,33+,36+,37-,38-,39+,40+/m0/s1. The van der Waals surface area contributed by atoms with E-state index in [1.165, 1.54) is 5.57 Å². The first-order valence-corrected chi connectivity index (χ1v) is 17.5. The molecule has 2 aromatic rings. The fraction of sp³-hybridized carbons (Fsp3) is 0.675. The van der Waals surface area contributed by atoms with Crippen molar-refractivity contribution in [1.82, 2.24) is 4.98 Å². The molecule has 4 fully saturated rings. The van der Waals surface area contributed by atoms with Crippen LogP contribution in [0.3, 0.4) is 0 Å². The molecular weight excluding hydrogens is 558 g/mol. The van der Waals surface area contributed by atoms with Gasteiger partial charge in [-0.15, -0.1) is 0 Å². The Hall–Kier alpha value is -2.53. The first kappa shape index (κ1) is 31.1. The summed E-state index contributed by atoms with van der Waals surface area (Å²) in [5.74, 6) is 0.633. The van der Waals surface area contributed by atoms with Gasteiger partial charge in [-0.3, -0.25) is 14.6 Å². The highest BCUT2D eigenvalue weighted by atomic mass is 16.5. The normalized spacial score (nSPS) is 43.7. The lowest BCUT2D eigenvalue weighted by Crippen LogP contribution is -2.66. The topological polar surface area (TPSA) is 76.5 Å². The molecule has 5 heteroatoms. The Kier molecular flexibility index (Phi) is 6.90. The van der Waals surface area contributed by atoms with E-state index in [9.17, 15) is 14.7 Å². The summed E-state index contributed by atoms with van der Waals surface area (Å²) in [4.78, 5) is 33.1. The zero-order valence-electron chi connectivity index (χ0n) is 28.5. The maximum absolute atomic E-state index is 14.6. The van der Waals surface area contributed by atoms with E-state index < -0.39 is 5.41 Å². The Morgan fingerprint density at radius 3 is 2.44 bits per heavy atom. The number of rotatable bonds is 3. The SMILES string of the molecule is CC1(C)[C@@H](O)CC[C@]2(C)[C@H]3C(=O)C=C4[C@@H]5C[C@@](C)(C(=O)OCc6cccc7cccnc67)CC[C@]5(C)CC[C@@]4(C)[C@]3(C)CC[C@@H]12. The number of benzene rings is 1. The fourth-order valence-corrected chi connectivity index (χ4v) is 12.0. The number of hydrogen-bond acceptors (Lipinski definition) is 5. The molecule has 1 heterocycles. The number of nitrogens with zero attached hydrogens (tertiary/aromatic N) is 1. The van der Waals surface area contributed by atoms with E-state index in [0.29, 0.717) is 11.7 Å². The van der Waals surface area contributed by atoms with E-state index in [2.05, 4.69) is 59.5 Å². The quantitative estimate of drug-likeness (QED) is 0.352. The van der Waals surface area contributed by atoms with Gasteiger partial charge in [0, 0.05) is 23.1 Å². The van der Waals surface area contributed by atoms with Crippen molar-refractivity contribution >= 4 is 22.7 Å². The van der Waals surface area contributed by atoms with E-state index in [1.54, 1.807) is 6.20 Å². The number of aliphatic hydroxyl groups excluding tert-OH is 1. The van der Waals surface area contributed by atoms with Crippen LogP contribution in [-0.4, -0.2) is 27.9 Å². The molecule has 0 radical (unpaired) electrons. The maximum Gasteiger partial charge on any atom is 0.312 e. The van der Waals surface area contributed by atoms with Gasteiger partial charge in [0.2, 0.25) is 0 Å². The van der Waals surface area contributed by atoms with Gasteiger partial charge in [0.15, 0.2) is 5.78 Å². The third-order valence-corrected chi connectivity index (χ3v) is 15.1. The lowest BCUT2D eigenvalue weighted by atomic mass is 9.33. The van der Waals surface area contributed by atoms with Crippen molar-refractivity contribution in [2.24, 2.45) is 50.2 Å². The average Bonchev–Trinajstić information content (AvgIpc) is 3.00. The Balaban J connectivity index is 1.19. The summed E-state index contributed by atoms with van der Waals surface area (Å²) in [6.45, 7) is 16.4. The molecule has 0 unspecified atom stereocenters. The van der Waals surface area contributed by atoms with Gasteiger partial charge in [-0.1, -0.05) is 71.4 Å². The summed E-state index contributed by atoms with van der Waals surface area (Å²) >= 11 is 0. The number of pyridine rings is 1. The summed E-state index contributed by atoms with van der Waals surface area (Å²) in [6, 6.07) is 9.98. The molecular formula is C40H53NO4. The van der Waals surface area contributed by atoms with Crippen molar-refractivity contribution in [1.29, 1.82) is 0 Å². The Labute approximate surface area is 269 Å². The minimum atomic E-state index is -0.602. The molecule has 5 aliphatic rings. The Bertz CT molecular complexity index is 1590. The molecule has 1 aromatic carbocycles. The monoisotopic (exact) mass is 611 g/mol. The van der Waals surface area contributed by atoms with E-state index in [-0.39, 0.29) is 57.6 Å². The molecule has 5 aliphatic carbocycles. The maximum atomic E-state index is 14.6. The minimum absolute atomic E-state index is 0.0390. The van der Waals surface area contributed by atoms with Crippen molar-refractivity contribution in [2.45, 2.75) is 119 Å². The third kappa shape index (κ3) is 4.24. The molecule has 1 N–H and O–H groups in total. The number of fused-ring (bicyclic) bond motifs is 8. The molecule has 4 saturated carbocycles. The summed E-state index contributed by atoms with van der Waals surface area (Å²) in [6.07, 6.45) is 12.0. The van der Waals surface area contributed by atoms with Crippen molar-refractivity contribution < 1.29 is 19.4 Å². The molecule has 0 saturated heterocycles. The van der Waals surface area contributed by atoms with E-state index in [4.69, 9.17) is 4.74 Å². The van der Waals surface area contributed by atoms with Crippen LogP contribution in [-0.2, 0) is 20.9 Å². The summed E-state index contributed by atoms with van der Waals surface area (Å²) in [5, 5.41) is 12.1. The molecule has 9 atom stereocenters. The first-order valence-electron chi connectivity index (χ1n) is 17.5. The second kappa shape index (κ2) is 9.99. The molecule has 7 rings (SSSR count). The van der Waals surface area contributed by atoms with Crippen LogP contribution in [0.15, 0.2) is 48.2 Å². The lowest BCUT2D eigenvalue weighted by molar-refractivity contribution is -0.202. The van der Waals surface area contributed by atoms with E-state index >= 15 is 0 Å². The summed E-state index contributed by atoms with van der Waals surface area (Å²) in [5.41, 5.74) is 2.03. The van der Waals surface area contributed by atoms with Crippen LogP contribution in [0.25, 0.3) is 10.9 Å². The molecule has 5 nitrogen and oxygen atoms in total. The summed E-state index contributed by atoms with van der Waals surface area (Å²) in [7, 11) is 0. The highest BCUT2D eigenvalue weighted by Gasteiger charge is 2.70. The number of allylic oxidation sites excluding steroid dienone is 2.